The summed E-state index contributed by atoms with van der Waals surface area (Å²) in [5, 5.41) is 2.64. The smallest absolute Gasteiger partial charge is 0.311 e. The zero-order valence-corrected chi connectivity index (χ0v) is 18.7. The summed E-state index contributed by atoms with van der Waals surface area (Å²) in [6, 6.07) is 10.0. The molecule has 0 radical (unpaired) electrons. The van der Waals surface area contributed by atoms with Gasteiger partial charge in [-0.25, -0.2) is 8.42 Å². The SMILES string of the molecule is CCOc1ccccc1NC(=O)COC(=O)Cc1ccc(S(=O)(=O)N2CCOCC2)s1. The molecule has 0 spiro atoms. The van der Waals surface area contributed by atoms with Gasteiger partial charge < -0.3 is 19.5 Å². The van der Waals surface area contributed by atoms with Crippen molar-refractivity contribution < 1.29 is 32.2 Å². The van der Waals surface area contributed by atoms with Crippen LogP contribution in [-0.4, -0.2) is 64.1 Å². The van der Waals surface area contributed by atoms with Crippen LogP contribution in [0.2, 0.25) is 0 Å². The minimum Gasteiger partial charge on any atom is -0.492 e. The number of carbonyl (C=O) groups is 2. The number of nitrogens with one attached hydrogen (secondary N) is 1. The van der Waals surface area contributed by atoms with Gasteiger partial charge in [0, 0.05) is 18.0 Å². The summed E-state index contributed by atoms with van der Waals surface area (Å²) >= 11 is 1.02. The number of hydrogen-bond donors (Lipinski definition) is 1. The van der Waals surface area contributed by atoms with Crippen molar-refractivity contribution in [2.24, 2.45) is 0 Å². The van der Waals surface area contributed by atoms with Gasteiger partial charge in [-0.05, 0) is 31.2 Å². The van der Waals surface area contributed by atoms with Crippen molar-refractivity contribution in [2.75, 3.05) is 44.8 Å². The molecule has 0 saturated carbocycles. The second-order valence-electron chi connectivity index (χ2n) is 6.55. The van der Waals surface area contributed by atoms with E-state index in [-0.39, 0.29) is 10.6 Å². The lowest BCUT2D eigenvalue weighted by molar-refractivity contribution is -0.146. The van der Waals surface area contributed by atoms with Crippen molar-refractivity contribution in [1.29, 1.82) is 0 Å². The lowest BCUT2D eigenvalue weighted by atomic mass is 10.3. The van der Waals surface area contributed by atoms with E-state index < -0.39 is 28.5 Å². The van der Waals surface area contributed by atoms with Gasteiger partial charge in [-0.2, -0.15) is 4.31 Å². The number of morpholine rings is 1. The van der Waals surface area contributed by atoms with E-state index in [4.69, 9.17) is 14.2 Å². The lowest BCUT2D eigenvalue weighted by Gasteiger charge is -2.25. The number of carbonyl (C=O) groups excluding carboxylic acids is 2. The summed E-state index contributed by atoms with van der Waals surface area (Å²) < 4.78 is 42.5. The van der Waals surface area contributed by atoms with Gasteiger partial charge in [-0.1, -0.05) is 12.1 Å². The second kappa shape index (κ2) is 10.7. The Balaban J connectivity index is 1.51. The van der Waals surface area contributed by atoms with Crippen molar-refractivity contribution in [3.63, 3.8) is 0 Å². The number of rotatable bonds is 9. The fourth-order valence-corrected chi connectivity index (χ4v) is 5.79. The summed E-state index contributed by atoms with van der Waals surface area (Å²) in [6.45, 7) is 3.16. The molecular weight excluding hydrogens is 444 g/mol. The van der Waals surface area contributed by atoms with E-state index in [0.717, 1.165) is 11.3 Å². The molecule has 1 amide bonds. The van der Waals surface area contributed by atoms with E-state index in [1.165, 1.54) is 10.4 Å². The van der Waals surface area contributed by atoms with Gasteiger partial charge in [0.05, 0.1) is 31.9 Å². The standard InChI is InChI=1S/C20H24N2O7S2/c1-2-28-17-6-4-3-5-16(17)21-18(23)14-29-19(24)13-15-7-8-20(30-15)31(25,26)22-9-11-27-12-10-22/h3-8H,2,9-14H2,1H3,(H,21,23). The molecule has 1 aromatic carbocycles. The molecule has 3 rings (SSSR count). The number of thiophene rings is 1. The highest BCUT2D eigenvalue weighted by Crippen LogP contribution is 2.26. The van der Waals surface area contributed by atoms with Gasteiger partial charge >= 0.3 is 5.97 Å². The average molecular weight is 469 g/mol. The molecule has 11 heteroatoms. The number of anilines is 1. The Bertz CT molecular complexity index is 1010. The first-order valence-corrected chi connectivity index (χ1v) is 12.0. The van der Waals surface area contributed by atoms with E-state index in [9.17, 15) is 18.0 Å². The quantitative estimate of drug-likeness (QED) is 0.560. The Hall–Kier alpha value is -2.47. The summed E-state index contributed by atoms with van der Waals surface area (Å²) in [7, 11) is -3.60. The maximum absolute atomic E-state index is 12.7. The number of hydrogen-bond acceptors (Lipinski definition) is 8. The summed E-state index contributed by atoms with van der Waals surface area (Å²) in [5.41, 5.74) is 0.488. The zero-order valence-electron chi connectivity index (χ0n) is 17.0. The van der Waals surface area contributed by atoms with Crippen molar-refractivity contribution in [3.05, 3.63) is 41.3 Å². The number of ether oxygens (including phenoxy) is 3. The molecule has 1 aliphatic heterocycles. The molecular formula is C20H24N2O7S2. The first-order valence-electron chi connectivity index (χ1n) is 9.74. The molecule has 1 aromatic heterocycles. The van der Waals surface area contributed by atoms with Crippen LogP contribution in [-0.2, 0) is 35.5 Å². The molecule has 1 saturated heterocycles. The fraction of sp³-hybridized carbons (Fsp3) is 0.400. The van der Waals surface area contributed by atoms with Crippen molar-refractivity contribution in [3.8, 4) is 5.75 Å². The maximum atomic E-state index is 12.7. The number of esters is 1. The van der Waals surface area contributed by atoms with Gasteiger partial charge in [-0.3, -0.25) is 9.59 Å². The van der Waals surface area contributed by atoms with Gasteiger partial charge in [0.15, 0.2) is 6.61 Å². The molecule has 9 nitrogen and oxygen atoms in total. The van der Waals surface area contributed by atoms with Crippen LogP contribution in [0.3, 0.4) is 0 Å². The summed E-state index contributed by atoms with van der Waals surface area (Å²) in [4.78, 5) is 24.7. The molecule has 1 aliphatic rings. The minimum atomic E-state index is -3.60. The van der Waals surface area contributed by atoms with Crippen LogP contribution in [0.1, 0.15) is 11.8 Å². The number of amides is 1. The normalized spacial score (nSPS) is 14.7. The highest BCUT2D eigenvalue weighted by molar-refractivity contribution is 7.91. The van der Waals surface area contributed by atoms with Crippen molar-refractivity contribution in [1.82, 2.24) is 4.31 Å². The average Bonchev–Trinajstić information content (AvgIpc) is 3.24. The molecule has 2 heterocycles. The molecule has 168 valence electrons. The zero-order chi connectivity index (χ0) is 22.3. The maximum Gasteiger partial charge on any atom is 0.311 e. The molecule has 0 unspecified atom stereocenters. The first-order chi connectivity index (χ1) is 14.9. The van der Waals surface area contributed by atoms with Crippen LogP contribution in [0.25, 0.3) is 0 Å². The van der Waals surface area contributed by atoms with E-state index in [1.54, 1.807) is 30.3 Å². The third-order valence-electron chi connectivity index (χ3n) is 4.35. The fourth-order valence-electron chi connectivity index (χ4n) is 2.88. The van der Waals surface area contributed by atoms with E-state index in [0.29, 0.717) is 49.2 Å². The van der Waals surface area contributed by atoms with Crippen LogP contribution in [0.15, 0.2) is 40.6 Å². The Morgan fingerprint density at radius 1 is 1.16 bits per heavy atom. The van der Waals surface area contributed by atoms with Crippen LogP contribution in [0, 0.1) is 0 Å². The predicted molar refractivity (Wildman–Crippen MR) is 115 cm³/mol. The molecule has 0 atom stereocenters. The van der Waals surface area contributed by atoms with Crippen molar-refractivity contribution >= 4 is 38.9 Å². The first kappa shape index (κ1) is 23.2. The highest BCUT2D eigenvalue weighted by atomic mass is 32.2. The monoisotopic (exact) mass is 468 g/mol. The molecule has 31 heavy (non-hydrogen) atoms. The third-order valence-corrected chi connectivity index (χ3v) is 7.80. The second-order valence-corrected chi connectivity index (χ2v) is 9.89. The number of sulfonamides is 1. The van der Waals surface area contributed by atoms with Gasteiger partial charge in [0.2, 0.25) is 0 Å². The van der Waals surface area contributed by atoms with Crippen LogP contribution in [0.5, 0.6) is 5.75 Å². The molecule has 0 aliphatic carbocycles. The van der Waals surface area contributed by atoms with Crippen LogP contribution in [0.4, 0.5) is 5.69 Å². The van der Waals surface area contributed by atoms with Gasteiger partial charge in [-0.15, -0.1) is 11.3 Å². The Morgan fingerprint density at radius 3 is 2.65 bits per heavy atom. The lowest BCUT2D eigenvalue weighted by Crippen LogP contribution is -2.40. The third kappa shape index (κ3) is 6.26. The Labute approximate surface area is 185 Å². The number of nitrogens with zero attached hydrogens (tertiary/aromatic N) is 1. The highest BCUT2D eigenvalue weighted by Gasteiger charge is 2.28. The van der Waals surface area contributed by atoms with E-state index in [1.807, 2.05) is 6.92 Å². The van der Waals surface area contributed by atoms with E-state index >= 15 is 0 Å². The van der Waals surface area contributed by atoms with Gasteiger partial charge in [0.25, 0.3) is 15.9 Å². The molecule has 0 bridgehead atoms. The van der Waals surface area contributed by atoms with Crippen LogP contribution >= 0.6 is 11.3 Å². The minimum absolute atomic E-state index is 0.119. The number of benzene rings is 1. The van der Waals surface area contributed by atoms with Gasteiger partial charge in [0.1, 0.15) is 9.96 Å². The Kier molecular flexibility index (Phi) is 8.02. The largest absolute Gasteiger partial charge is 0.492 e. The molecule has 2 aromatic rings. The molecule has 1 N–H and O–H groups in total. The molecule has 1 fully saturated rings. The topological polar surface area (TPSA) is 111 Å². The van der Waals surface area contributed by atoms with Crippen molar-refractivity contribution in [2.45, 2.75) is 17.6 Å². The van der Waals surface area contributed by atoms with E-state index in [2.05, 4.69) is 5.32 Å². The summed E-state index contributed by atoms with van der Waals surface area (Å²) in [5.74, 6) is -0.593. The summed E-state index contributed by atoms with van der Waals surface area (Å²) in [6.07, 6.45) is -0.119. The Morgan fingerprint density at radius 2 is 1.90 bits per heavy atom. The van der Waals surface area contributed by atoms with Crippen LogP contribution < -0.4 is 10.1 Å². The predicted octanol–water partition coefficient (Wildman–Crippen LogP) is 1.89. The number of para-hydroxylation sites is 2.